The van der Waals surface area contributed by atoms with Gasteiger partial charge in [-0.25, -0.2) is 0 Å². The Labute approximate surface area is 97.4 Å². The fraction of sp³-hybridized carbons (Fsp3) is 0.571. The van der Waals surface area contributed by atoms with Crippen molar-refractivity contribution in [3.8, 4) is 0 Å². The quantitative estimate of drug-likeness (QED) is 0.779. The van der Waals surface area contributed by atoms with Gasteiger partial charge >= 0.3 is 0 Å². The molecule has 2 nitrogen and oxygen atoms in total. The van der Waals surface area contributed by atoms with E-state index >= 15 is 0 Å². The number of aryl methyl sites for hydroxylation is 1. The van der Waals surface area contributed by atoms with Gasteiger partial charge in [0.05, 0.1) is 0 Å². The molecule has 1 fully saturated rings. The van der Waals surface area contributed by atoms with E-state index in [2.05, 4.69) is 29.2 Å². The molecule has 2 heteroatoms. The Hall–Kier alpha value is -1.02. The molecule has 1 aromatic rings. The molecule has 1 aromatic carbocycles. The lowest BCUT2D eigenvalue weighted by Crippen LogP contribution is -2.50. The highest BCUT2D eigenvalue weighted by Crippen LogP contribution is 2.37. The number of para-hydroxylation sites is 1. The van der Waals surface area contributed by atoms with E-state index < -0.39 is 0 Å². The number of hydrogen-bond acceptors (Lipinski definition) is 2. The monoisotopic (exact) mass is 216 g/mol. The van der Waals surface area contributed by atoms with Gasteiger partial charge < -0.3 is 10.6 Å². The molecule has 3 rings (SSSR count). The molecule has 2 N–H and O–H groups in total. The molecule has 2 aliphatic heterocycles. The molecule has 0 bridgehead atoms. The first-order chi connectivity index (χ1) is 7.90. The maximum atomic E-state index is 5.90. The summed E-state index contributed by atoms with van der Waals surface area (Å²) in [7, 11) is 0. The van der Waals surface area contributed by atoms with E-state index in [9.17, 15) is 0 Å². The summed E-state index contributed by atoms with van der Waals surface area (Å²) in [6.45, 7) is 2.07. The largest absolute Gasteiger partial charge is 0.368 e. The molecule has 16 heavy (non-hydrogen) atoms. The van der Waals surface area contributed by atoms with E-state index in [0.29, 0.717) is 12.0 Å². The molecule has 1 saturated heterocycles. The Morgan fingerprint density at radius 1 is 1.25 bits per heavy atom. The summed E-state index contributed by atoms with van der Waals surface area (Å²) in [5.41, 5.74) is 8.90. The van der Waals surface area contributed by atoms with Gasteiger partial charge in [0.15, 0.2) is 0 Å². The SMILES string of the molecule is NCC1CCCN2c3ccccc3CCC12. The van der Waals surface area contributed by atoms with Crippen molar-refractivity contribution in [1.82, 2.24) is 0 Å². The van der Waals surface area contributed by atoms with Gasteiger partial charge in [0, 0.05) is 18.3 Å². The maximum Gasteiger partial charge on any atom is 0.0401 e. The van der Waals surface area contributed by atoms with E-state index in [1.807, 2.05) is 0 Å². The molecule has 0 aliphatic carbocycles. The molecule has 0 spiro atoms. The summed E-state index contributed by atoms with van der Waals surface area (Å²) >= 11 is 0. The molecule has 2 unspecified atom stereocenters. The Morgan fingerprint density at radius 3 is 3.00 bits per heavy atom. The van der Waals surface area contributed by atoms with E-state index in [4.69, 9.17) is 5.73 Å². The molecule has 2 atom stereocenters. The zero-order valence-electron chi connectivity index (χ0n) is 9.73. The Bertz CT molecular complexity index is 375. The number of fused-ring (bicyclic) bond motifs is 3. The second-order valence-electron chi connectivity index (χ2n) is 5.07. The molecule has 86 valence electrons. The van der Waals surface area contributed by atoms with Crippen LogP contribution in [0.4, 0.5) is 5.69 Å². The lowest BCUT2D eigenvalue weighted by Gasteiger charge is -2.46. The first-order valence-electron chi connectivity index (χ1n) is 6.45. The topological polar surface area (TPSA) is 29.3 Å². The summed E-state index contributed by atoms with van der Waals surface area (Å²) in [6.07, 6.45) is 5.14. The lowest BCUT2D eigenvalue weighted by atomic mass is 9.82. The average Bonchev–Trinajstić information content (AvgIpc) is 2.37. The highest BCUT2D eigenvalue weighted by atomic mass is 15.2. The minimum absolute atomic E-state index is 0.702. The summed E-state index contributed by atoms with van der Waals surface area (Å²) in [6, 6.07) is 9.57. The predicted octanol–water partition coefficient (Wildman–Crippen LogP) is 2.18. The smallest absolute Gasteiger partial charge is 0.0401 e. The number of benzene rings is 1. The van der Waals surface area contributed by atoms with Crippen molar-refractivity contribution in [2.24, 2.45) is 11.7 Å². The van der Waals surface area contributed by atoms with Crippen LogP contribution in [-0.2, 0) is 6.42 Å². The van der Waals surface area contributed by atoms with Gasteiger partial charge in [-0.05, 0) is 49.8 Å². The highest BCUT2D eigenvalue weighted by Gasteiger charge is 2.33. The average molecular weight is 216 g/mol. The summed E-state index contributed by atoms with van der Waals surface area (Å²) in [5.74, 6) is 0.710. The van der Waals surface area contributed by atoms with Crippen molar-refractivity contribution in [2.45, 2.75) is 31.7 Å². The Balaban J connectivity index is 1.94. The van der Waals surface area contributed by atoms with E-state index in [1.54, 1.807) is 0 Å². The zero-order valence-corrected chi connectivity index (χ0v) is 9.73. The minimum Gasteiger partial charge on any atom is -0.368 e. The number of anilines is 1. The van der Waals surface area contributed by atoms with E-state index in [0.717, 1.165) is 6.54 Å². The third-order valence-corrected chi connectivity index (χ3v) is 4.23. The predicted molar refractivity (Wildman–Crippen MR) is 67.7 cm³/mol. The lowest BCUT2D eigenvalue weighted by molar-refractivity contribution is 0.306. The van der Waals surface area contributed by atoms with Crippen LogP contribution in [0.25, 0.3) is 0 Å². The molecule has 0 saturated carbocycles. The van der Waals surface area contributed by atoms with Gasteiger partial charge in [-0.1, -0.05) is 18.2 Å². The van der Waals surface area contributed by atoms with Crippen molar-refractivity contribution < 1.29 is 0 Å². The number of nitrogens with two attached hydrogens (primary N) is 1. The third-order valence-electron chi connectivity index (χ3n) is 4.23. The summed E-state index contributed by atoms with van der Waals surface area (Å²) in [4.78, 5) is 2.61. The molecule has 0 radical (unpaired) electrons. The van der Waals surface area contributed by atoms with E-state index in [1.165, 1.54) is 43.5 Å². The zero-order chi connectivity index (χ0) is 11.0. The standard InChI is InChI=1S/C14H20N2/c15-10-12-5-3-9-16-13-6-2-1-4-11(13)7-8-14(12)16/h1-2,4,6,12,14H,3,5,7-10,15H2. The van der Waals surface area contributed by atoms with Crippen LogP contribution in [0.5, 0.6) is 0 Å². The number of piperidine rings is 1. The van der Waals surface area contributed by atoms with Gasteiger partial charge in [-0.3, -0.25) is 0 Å². The summed E-state index contributed by atoms with van der Waals surface area (Å²) in [5, 5.41) is 0. The molecule has 2 aliphatic rings. The first kappa shape index (κ1) is 10.2. The second kappa shape index (κ2) is 4.10. The summed E-state index contributed by atoms with van der Waals surface area (Å²) < 4.78 is 0. The van der Waals surface area contributed by atoms with Crippen LogP contribution in [0.15, 0.2) is 24.3 Å². The van der Waals surface area contributed by atoms with Gasteiger partial charge in [0.25, 0.3) is 0 Å². The molecule has 0 amide bonds. The fourth-order valence-electron chi connectivity index (χ4n) is 3.41. The van der Waals surface area contributed by atoms with Crippen LogP contribution in [0.3, 0.4) is 0 Å². The van der Waals surface area contributed by atoms with Gasteiger partial charge in [0.2, 0.25) is 0 Å². The van der Waals surface area contributed by atoms with Crippen LogP contribution in [0.2, 0.25) is 0 Å². The fourth-order valence-corrected chi connectivity index (χ4v) is 3.41. The van der Waals surface area contributed by atoms with Crippen molar-refractivity contribution in [3.05, 3.63) is 29.8 Å². The molecular weight excluding hydrogens is 196 g/mol. The van der Waals surface area contributed by atoms with Crippen LogP contribution >= 0.6 is 0 Å². The van der Waals surface area contributed by atoms with Crippen LogP contribution < -0.4 is 10.6 Å². The number of hydrogen-bond donors (Lipinski definition) is 1. The minimum atomic E-state index is 0.702. The highest BCUT2D eigenvalue weighted by molar-refractivity contribution is 5.57. The van der Waals surface area contributed by atoms with Crippen LogP contribution in [-0.4, -0.2) is 19.1 Å². The number of rotatable bonds is 1. The van der Waals surface area contributed by atoms with Gasteiger partial charge in [-0.15, -0.1) is 0 Å². The molecule has 0 aromatic heterocycles. The van der Waals surface area contributed by atoms with Gasteiger partial charge in [-0.2, -0.15) is 0 Å². The van der Waals surface area contributed by atoms with E-state index in [-0.39, 0.29) is 0 Å². The van der Waals surface area contributed by atoms with Crippen molar-refractivity contribution >= 4 is 5.69 Å². The molecule has 2 heterocycles. The van der Waals surface area contributed by atoms with Crippen LogP contribution in [0, 0.1) is 5.92 Å². The first-order valence-corrected chi connectivity index (χ1v) is 6.45. The van der Waals surface area contributed by atoms with Crippen molar-refractivity contribution in [3.63, 3.8) is 0 Å². The van der Waals surface area contributed by atoms with Crippen LogP contribution in [0.1, 0.15) is 24.8 Å². The van der Waals surface area contributed by atoms with Crippen molar-refractivity contribution in [2.75, 3.05) is 18.0 Å². The number of nitrogens with zero attached hydrogens (tertiary/aromatic N) is 1. The van der Waals surface area contributed by atoms with Gasteiger partial charge in [0.1, 0.15) is 0 Å². The molecular formula is C14H20N2. The normalized spacial score (nSPS) is 28.4. The Kier molecular flexibility index (Phi) is 2.60. The Morgan fingerprint density at radius 2 is 2.12 bits per heavy atom. The maximum absolute atomic E-state index is 5.90. The second-order valence-corrected chi connectivity index (χ2v) is 5.07. The van der Waals surface area contributed by atoms with Crippen molar-refractivity contribution in [1.29, 1.82) is 0 Å². The third kappa shape index (κ3) is 1.52.